The molecule has 1 N–H and O–H groups in total. The number of hydrogen-bond acceptors (Lipinski definition) is 3. The van der Waals surface area contributed by atoms with Crippen LogP contribution in [0.25, 0.3) is 10.9 Å². The molecule has 2 aromatic rings. The van der Waals surface area contributed by atoms with Gasteiger partial charge in [-0.2, -0.15) is 0 Å². The molecule has 21 heavy (non-hydrogen) atoms. The Morgan fingerprint density at radius 3 is 3.14 bits per heavy atom. The van der Waals surface area contributed by atoms with Crippen LogP contribution < -0.4 is 5.32 Å². The minimum atomic E-state index is 0.373. The predicted molar refractivity (Wildman–Crippen MR) is 86.4 cm³/mol. The normalized spacial score (nSPS) is 20.0. The van der Waals surface area contributed by atoms with Crippen LogP contribution in [0, 0.1) is 0 Å². The Kier molecular flexibility index (Phi) is 4.84. The number of fused-ring (bicyclic) bond motifs is 1. The van der Waals surface area contributed by atoms with E-state index in [1.165, 1.54) is 23.8 Å². The topological polar surface area (TPSA) is 34.1 Å². The van der Waals surface area contributed by atoms with Gasteiger partial charge >= 0.3 is 0 Å². The summed E-state index contributed by atoms with van der Waals surface area (Å²) in [6.07, 6.45) is 6.86. The van der Waals surface area contributed by atoms with Crippen LogP contribution in [-0.2, 0) is 4.74 Å². The lowest BCUT2D eigenvalue weighted by Crippen LogP contribution is -2.26. The second kappa shape index (κ2) is 7.01. The highest BCUT2D eigenvalue weighted by Crippen LogP contribution is 2.27. The third-order valence-corrected chi connectivity index (χ3v) is 4.19. The molecule has 3 heteroatoms. The summed E-state index contributed by atoms with van der Waals surface area (Å²) < 4.78 is 5.82. The smallest absolute Gasteiger partial charge is 0.0702 e. The highest BCUT2D eigenvalue weighted by atomic mass is 16.5. The van der Waals surface area contributed by atoms with Crippen molar-refractivity contribution in [2.24, 2.45) is 0 Å². The van der Waals surface area contributed by atoms with Crippen molar-refractivity contribution in [3.63, 3.8) is 0 Å². The van der Waals surface area contributed by atoms with Crippen molar-refractivity contribution in [3.05, 3.63) is 42.1 Å². The van der Waals surface area contributed by atoms with Crippen molar-refractivity contribution in [1.82, 2.24) is 10.3 Å². The van der Waals surface area contributed by atoms with E-state index in [0.717, 1.165) is 31.5 Å². The zero-order valence-corrected chi connectivity index (χ0v) is 12.7. The third-order valence-electron chi connectivity index (χ3n) is 4.19. The molecule has 1 aliphatic rings. The molecule has 0 aliphatic carbocycles. The summed E-state index contributed by atoms with van der Waals surface area (Å²) >= 11 is 0. The fraction of sp³-hybridized carbons (Fsp3) is 0.500. The lowest BCUT2D eigenvalue weighted by molar-refractivity contribution is 0.0946. The quantitative estimate of drug-likeness (QED) is 0.875. The van der Waals surface area contributed by atoms with E-state index in [1.807, 2.05) is 12.3 Å². The van der Waals surface area contributed by atoms with Crippen LogP contribution in [0.2, 0.25) is 0 Å². The van der Waals surface area contributed by atoms with Gasteiger partial charge in [-0.15, -0.1) is 0 Å². The molecule has 1 aromatic carbocycles. The molecule has 3 rings (SSSR count). The number of nitrogens with zero attached hydrogens (tertiary/aromatic N) is 1. The van der Waals surface area contributed by atoms with E-state index in [9.17, 15) is 0 Å². The number of aromatic nitrogens is 1. The van der Waals surface area contributed by atoms with Gasteiger partial charge < -0.3 is 10.1 Å². The van der Waals surface area contributed by atoms with E-state index in [2.05, 4.69) is 41.5 Å². The molecule has 1 fully saturated rings. The molecule has 0 bridgehead atoms. The van der Waals surface area contributed by atoms with Crippen molar-refractivity contribution in [1.29, 1.82) is 0 Å². The van der Waals surface area contributed by atoms with Crippen LogP contribution in [0.1, 0.15) is 44.2 Å². The van der Waals surface area contributed by atoms with Gasteiger partial charge in [0, 0.05) is 24.2 Å². The Morgan fingerprint density at radius 2 is 2.33 bits per heavy atom. The minimum Gasteiger partial charge on any atom is -0.378 e. The molecular formula is C18H24N2O. The predicted octanol–water partition coefficient (Wildman–Crippen LogP) is 3.84. The molecule has 0 saturated carbocycles. The Labute approximate surface area is 126 Å². The second-order valence-corrected chi connectivity index (χ2v) is 5.83. The van der Waals surface area contributed by atoms with E-state index < -0.39 is 0 Å². The summed E-state index contributed by atoms with van der Waals surface area (Å²) in [5.74, 6) is 0. The van der Waals surface area contributed by atoms with Gasteiger partial charge in [-0.05, 0) is 56.0 Å². The van der Waals surface area contributed by atoms with E-state index in [1.54, 1.807) is 0 Å². The van der Waals surface area contributed by atoms with Crippen LogP contribution in [-0.4, -0.2) is 24.2 Å². The first-order valence-corrected chi connectivity index (χ1v) is 8.06. The minimum absolute atomic E-state index is 0.373. The monoisotopic (exact) mass is 284 g/mol. The molecule has 0 spiro atoms. The lowest BCUT2D eigenvalue weighted by Gasteiger charge is -2.22. The maximum absolute atomic E-state index is 5.82. The SMILES string of the molecule is CCCNC(CC1CCCO1)c1ccc2ncccc2c1. The molecule has 112 valence electrons. The average Bonchev–Trinajstić information content (AvgIpc) is 3.04. The first-order valence-electron chi connectivity index (χ1n) is 8.06. The molecule has 0 radical (unpaired) electrons. The van der Waals surface area contributed by atoms with E-state index in [-0.39, 0.29) is 0 Å². The molecule has 1 saturated heterocycles. The van der Waals surface area contributed by atoms with Crippen LogP contribution in [0.3, 0.4) is 0 Å². The van der Waals surface area contributed by atoms with Gasteiger partial charge in [-0.1, -0.05) is 19.1 Å². The number of rotatable bonds is 6. The number of nitrogens with one attached hydrogen (secondary N) is 1. The van der Waals surface area contributed by atoms with Crippen LogP contribution in [0.4, 0.5) is 0 Å². The molecule has 1 aromatic heterocycles. The Bertz CT molecular complexity index is 578. The zero-order valence-electron chi connectivity index (χ0n) is 12.7. The fourth-order valence-corrected chi connectivity index (χ4v) is 3.06. The molecule has 0 amide bonds. The molecule has 2 heterocycles. The third kappa shape index (κ3) is 3.60. The summed E-state index contributed by atoms with van der Waals surface area (Å²) in [7, 11) is 0. The summed E-state index contributed by atoms with van der Waals surface area (Å²) in [5.41, 5.74) is 2.41. The first-order chi connectivity index (χ1) is 10.4. The number of pyridine rings is 1. The number of ether oxygens (including phenoxy) is 1. The van der Waals surface area contributed by atoms with E-state index >= 15 is 0 Å². The van der Waals surface area contributed by atoms with Gasteiger partial charge in [0.2, 0.25) is 0 Å². The Hall–Kier alpha value is -1.45. The van der Waals surface area contributed by atoms with Gasteiger partial charge in [0.15, 0.2) is 0 Å². The number of benzene rings is 1. The molecule has 2 unspecified atom stereocenters. The summed E-state index contributed by atoms with van der Waals surface area (Å²) in [5, 5.41) is 4.89. The van der Waals surface area contributed by atoms with Crippen molar-refractivity contribution in [3.8, 4) is 0 Å². The maximum Gasteiger partial charge on any atom is 0.0702 e. The van der Waals surface area contributed by atoms with Crippen LogP contribution >= 0.6 is 0 Å². The van der Waals surface area contributed by atoms with E-state index in [0.29, 0.717) is 12.1 Å². The molecular weight excluding hydrogens is 260 g/mol. The lowest BCUT2D eigenvalue weighted by atomic mass is 9.97. The summed E-state index contributed by atoms with van der Waals surface area (Å²) in [6, 6.07) is 11.1. The summed E-state index contributed by atoms with van der Waals surface area (Å²) in [6.45, 7) is 4.18. The largest absolute Gasteiger partial charge is 0.378 e. The van der Waals surface area contributed by atoms with Gasteiger partial charge in [0.1, 0.15) is 0 Å². The van der Waals surface area contributed by atoms with Gasteiger partial charge in [0.25, 0.3) is 0 Å². The zero-order chi connectivity index (χ0) is 14.5. The van der Waals surface area contributed by atoms with Gasteiger partial charge in [-0.3, -0.25) is 4.98 Å². The molecule has 2 atom stereocenters. The Morgan fingerprint density at radius 1 is 1.38 bits per heavy atom. The number of hydrogen-bond donors (Lipinski definition) is 1. The van der Waals surface area contributed by atoms with Gasteiger partial charge in [-0.25, -0.2) is 0 Å². The second-order valence-electron chi connectivity index (χ2n) is 5.83. The summed E-state index contributed by atoms with van der Waals surface area (Å²) in [4.78, 5) is 4.40. The average molecular weight is 284 g/mol. The first kappa shape index (κ1) is 14.5. The van der Waals surface area contributed by atoms with Crippen molar-refractivity contribution in [2.75, 3.05) is 13.2 Å². The highest BCUT2D eigenvalue weighted by Gasteiger charge is 2.21. The Balaban J connectivity index is 1.81. The van der Waals surface area contributed by atoms with E-state index in [4.69, 9.17) is 4.74 Å². The highest BCUT2D eigenvalue weighted by molar-refractivity contribution is 5.79. The van der Waals surface area contributed by atoms with Crippen LogP contribution in [0.5, 0.6) is 0 Å². The van der Waals surface area contributed by atoms with Crippen molar-refractivity contribution >= 4 is 10.9 Å². The molecule has 3 nitrogen and oxygen atoms in total. The van der Waals surface area contributed by atoms with Crippen molar-refractivity contribution in [2.45, 2.75) is 44.8 Å². The van der Waals surface area contributed by atoms with Gasteiger partial charge in [0.05, 0.1) is 11.6 Å². The van der Waals surface area contributed by atoms with Crippen LogP contribution in [0.15, 0.2) is 36.5 Å². The standard InChI is InChI=1S/C18H24N2O/c1-2-9-19-18(13-16-6-4-11-21-16)15-7-8-17-14(12-15)5-3-10-20-17/h3,5,7-8,10,12,16,18-19H,2,4,6,9,11,13H2,1H3. The van der Waals surface area contributed by atoms with Crippen molar-refractivity contribution < 1.29 is 4.74 Å². The maximum atomic E-state index is 5.82. The fourth-order valence-electron chi connectivity index (χ4n) is 3.06. The molecule has 1 aliphatic heterocycles.